The highest BCUT2D eigenvalue weighted by atomic mass is 19.4. The SMILES string of the molecule is O=C1NCCc2cc(Nc3nc(-c4ccc5c(c4)CN(C(=O)CCC(F)(F)F)C5)ncc3F)ccc21. The summed E-state index contributed by atoms with van der Waals surface area (Å²) in [6.07, 6.45) is -4.40. The van der Waals surface area contributed by atoms with E-state index < -0.39 is 30.7 Å². The van der Waals surface area contributed by atoms with Crippen LogP contribution in [0, 0.1) is 5.82 Å². The first-order valence-corrected chi connectivity index (χ1v) is 11.3. The molecular weight excluding hydrogens is 478 g/mol. The van der Waals surface area contributed by atoms with Crippen molar-refractivity contribution in [3.8, 4) is 11.4 Å². The fourth-order valence-corrected chi connectivity index (χ4v) is 4.35. The minimum Gasteiger partial charge on any atom is -0.352 e. The minimum atomic E-state index is -4.38. The van der Waals surface area contributed by atoms with E-state index >= 15 is 0 Å². The lowest BCUT2D eigenvalue weighted by Gasteiger charge is -2.17. The molecule has 11 heteroatoms. The van der Waals surface area contributed by atoms with Crippen molar-refractivity contribution in [2.24, 2.45) is 0 Å². The third-order valence-electron chi connectivity index (χ3n) is 6.20. The zero-order valence-corrected chi connectivity index (χ0v) is 19.0. The second-order valence-electron chi connectivity index (χ2n) is 8.74. The summed E-state index contributed by atoms with van der Waals surface area (Å²) in [6, 6.07) is 10.4. The van der Waals surface area contributed by atoms with Crippen molar-refractivity contribution >= 4 is 23.3 Å². The molecule has 0 radical (unpaired) electrons. The highest BCUT2D eigenvalue weighted by molar-refractivity contribution is 5.97. The van der Waals surface area contributed by atoms with Gasteiger partial charge in [0.15, 0.2) is 17.5 Å². The number of anilines is 2. The number of fused-ring (bicyclic) bond motifs is 2. The molecule has 0 saturated heterocycles. The summed E-state index contributed by atoms with van der Waals surface area (Å²) in [5.74, 6) is -1.14. The van der Waals surface area contributed by atoms with E-state index in [9.17, 15) is 27.2 Å². The Kier molecular flexibility index (Phi) is 6.07. The van der Waals surface area contributed by atoms with Crippen LogP contribution in [0.2, 0.25) is 0 Å². The number of carbonyl (C=O) groups excluding carboxylic acids is 2. The van der Waals surface area contributed by atoms with E-state index in [0.29, 0.717) is 29.8 Å². The Balaban J connectivity index is 1.33. The average Bonchev–Trinajstić information content (AvgIpc) is 3.27. The van der Waals surface area contributed by atoms with Crippen LogP contribution >= 0.6 is 0 Å². The van der Waals surface area contributed by atoms with Crippen molar-refractivity contribution in [3.63, 3.8) is 0 Å². The molecule has 2 aromatic carbocycles. The first-order chi connectivity index (χ1) is 17.2. The van der Waals surface area contributed by atoms with Gasteiger partial charge in [0.1, 0.15) is 0 Å². The van der Waals surface area contributed by atoms with Crippen molar-refractivity contribution in [2.75, 3.05) is 11.9 Å². The average molecular weight is 499 g/mol. The number of alkyl halides is 3. The van der Waals surface area contributed by atoms with Crippen molar-refractivity contribution in [2.45, 2.75) is 38.5 Å². The topological polar surface area (TPSA) is 87.2 Å². The zero-order valence-electron chi connectivity index (χ0n) is 19.0. The molecule has 1 aromatic heterocycles. The molecule has 5 rings (SSSR count). The molecule has 2 aliphatic heterocycles. The lowest BCUT2D eigenvalue weighted by molar-refractivity contribution is -0.149. The molecule has 3 aromatic rings. The molecular formula is C25H21F4N5O2. The molecule has 0 saturated carbocycles. The molecule has 0 spiro atoms. The van der Waals surface area contributed by atoms with E-state index in [1.54, 1.807) is 36.4 Å². The highest BCUT2D eigenvalue weighted by Gasteiger charge is 2.31. The van der Waals surface area contributed by atoms with Crippen LogP contribution in [0.5, 0.6) is 0 Å². The normalized spacial score (nSPS) is 14.8. The summed E-state index contributed by atoms with van der Waals surface area (Å²) in [5, 5.41) is 5.72. The lowest BCUT2D eigenvalue weighted by atomic mass is 10.00. The predicted octanol–water partition coefficient (Wildman–Crippen LogP) is 4.50. The maximum Gasteiger partial charge on any atom is 0.389 e. The molecule has 0 aliphatic carbocycles. The van der Waals surface area contributed by atoms with Crippen molar-refractivity contribution < 1.29 is 27.2 Å². The second-order valence-corrected chi connectivity index (χ2v) is 8.74. The Morgan fingerprint density at radius 1 is 1.08 bits per heavy atom. The third-order valence-corrected chi connectivity index (χ3v) is 6.20. The number of benzene rings is 2. The predicted molar refractivity (Wildman–Crippen MR) is 123 cm³/mol. The molecule has 0 atom stereocenters. The minimum absolute atomic E-state index is 0.0373. The number of rotatable bonds is 5. The third kappa shape index (κ3) is 5.00. The molecule has 2 aliphatic rings. The summed E-state index contributed by atoms with van der Waals surface area (Å²) >= 11 is 0. The second kappa shape index (κ2) is 9.21. The molecule has 2 N–H and O–H groups in total. The van der Waals surface area contributed by atoms with Crippen LogP contribution in [0.25, 0.3) is 11.4 Å². The van der Waals surface area contributed by atoms with Crippen LogP contribution in [0.4, 0.5) is 29.1 Å². The number of nitrogens with one attached hydrogen (secondary N) is 2. The number of amides is 2. The number of carbonyl (C=O) groups is 2. The molecule has 7 nitrogen and oxygen atoms in total. The maximum atomic E-state index is 14.5. The van der Waals surface area contributed by atoms with Crippen molar-refractivity contribution in [1.29, 1.82) is 0 Å². The van der Waals surface area contributed by atoms with Gasteiger partial charge in [-0.15, -0.1) is 0 Å². The molecule has 0 fully saturated rings. The van der Waals surface area contributed by atoms with Crippen LogP contribution in [0.1, 0.15) is 39.9 Å². The van der Waals surface area contributed by atoms with Gasteiger partial charge in [-0.1, -0.05) is 12.1 Å². The number of halogens is 4. The van der Waals surface area contributed by atoms with Crippen molar-refractivity contribution in [3.05, 3.63) is 70.7 Å². The zero-order chi connectivity index (χ0) is 25.4. The molecule has 0 unspecified atom stereocenters. The number of hydrogen-bond donors (Lipinski definition) is 2. The summed E-state index contributed by atoms with van der Waals surface area (Å²) < 4.78 is 51.9. The fraction of sp³-hybridized carbons (Fsp3) is 0.280. The first kappa shape index (κ1) is 23.7. The Morgan fingerprint density at radius 3 is 2.69 bits per heavy atom. The Bertz CT molecular complexity index is 1360. The summed E-state index contributed by atoms with van der Waals surface area (Å²) in [6.45, 7) is 0.958. The summed E-state index contributed by atoms with van der Waals surface area (Å²) in [4.78, 5) is 33.9. The number of aromatic nitrogens is 2. The Hall–Kier alpha value is -4.02. The number of hydrogen-bond acceptors (Lipinski definition) is 5. The highest BCUT2D eigenvalue weighted by Crippen LogP contribution is 2.30. The Morgan fingerprint density at radius 2 is 1.89 bits per heavy atom. The van der Waals surface area contributed by atoms with Gasteiger partial charge in [0.2, 0.25) is 5.91 Å². The molecule has 3 heterocycles. The van der Waals surface area contributed by atoms with Crippen LogP contribution in [0.15, 0.2) is 42.6 Å². The first-order valence-electron chi connectivity index (χ1n) is 11.3. The standard InChI is InChI=1S/C25H21F4N5O2/c26-20-11-31-22(33-23(20)32-18-3-4-19-14(10-18)6-8-30-24(19)36)15-1-2-16-12-34(13-17(16)9-15)21(35)5-7-25(27,28)29/h1-4,9-11H,5-8,12-13H2,(H,30,36)(H,31,32,33). The monoisotopic (exact) mass is 499 g/mol. The van der Waals surface area contributed by atoms with Gasteiger partial charge in [-0.3, -0.25) is 9.59 Å². The van der Waals surface area contributed by atoms with Gasteiger partial charge in [0.05, 0.1) is 12.6 Å². The van der Waals surface area contributed by atoms with Crippen LogP contribution < -0.4 is 10.6 Å². The van der Waals surface area contributed by atoms with Gasteiger partial charge < -0.3 is 15.5 Å². The van der Waals surface area contributed by atoms with E-state index in [0.717, 1.165) is 22.9 Å². The van der Waals surface area contributed by atoms with E-state index in [1.807, 2.05) is 0 Å². The quantitative estimate of drug-likeness (QED) is 0.505. The molecule has 0 bridgehead atoms. The lowest BCUT2D eigenvalue weighted by Crippen LogP contribution is -2.31. The summed E-state index contributed by atoms with van der Waals surface area (Å²) in [5.41, 5.74) is 4.21. The van der Waals surface area contributed by atoms with E-state index in [-0.39, 0.29) is 30.6 Å². The van der Waals surface area contributed by atoms with E-state index in [1.165, 1.54) is 4.90 Å². The van der Waals surface area contributed by atoms with Gasteiger partial charge in [0.25, 0.3) is 5.91 Å². The van der Waals surface area contributed by atoms with E-state index in [4.69, 9.17) is 0 Å². The van der Waals surface area contributed by atoms with Gasteiger partial charge in [-0.05, 0) is 47.4 Å². The largest absolute Gasteiger partial charge is 0.389 e. The van der Waals surface area contributed by atoms with Gasteiger partial charge in [-0.25, -0.2) is 14.4 Å². The van der Waals surface area contributed by atoms with Gasteiger partial charge in [0, 0.05) is 42.9 Å². The van der Waals surface area contributed by atoms with Gasteiger partial charge >= 0.3 is 6.18 Å². The maximum absolute atomic E-state index is 14.5. The smallest absolute Gasteiger partial charge is 0.352 e. The molecule has 2 amide bonds. The van der Waals surface area contributed by atoms with Crippen LogP contribution in [-0.2, 0) is 24.3 Å². The van der Waals surface area contributed by atoms with Gasteiger partial charge in [-0.2, -0.15) is 13.2 Å². The fourth-order valence-electron chi connectivity index (χ4n) is 4.35. The van der Waals surface area contributed by atoms with Crippen LogP contribution in [0.3, 0.4) is 0 Å². The summed E-state index contributed by atoms with van der Waals surface area (Å²) in [7, 11) is 0. The molecule has 186 valence electrons. The van der Waals surface area contributed by atoms with E-state index in [2.05, 4.69) is 20.6 Å². The van der Waals surface area contributed by atoms with Crippen LogP contribution in [-0.4, -0.2) is 39.4 Å². The molecule has 36 heavy (non-hydrogen) atoms. The van der Waals surface area contributed by atoms with Crippen molar-refractivity contribution in [1.82, 2.24) is 20.2 Å². The Labute approximate surface area is 203 Å². The number of nitrogens with zero attached hydrogens (tertiary/aromatic N) is 3.